The Balaban J connectivity index is 0.000000124. The minimum atomic E-state index is 0.628. The second-order valence-corrected chi connectivity index (χ2v) is 25.8. The van der Waals surface area contributed by atoms with Crippen LogP contribution < -0.4 is 0 Å². The highest BCUT2D eigenvalue weighted by molar-refractivity contribution is 9.10. The molecule has 3 aromatic heterocycles. The Morgan fingerprint density at radius 2 is 0.475 bits per heavy atom. The number of fused-ring (bicyclic) bond motifs is 18. The average molecular weight is 1330 g/mol. The smallest absolute Gasteiger partial charge is 0.166 e. The summed E-state index contributed by atoms with van der Waals surface area (Å²) in [6, 6.07) is 119. The molecule has 1 aliphatic carbocycles. The van der Waals surface area contributed by atoms with E-state index in [9.17, 15) is 0 Å². The third kappa shape index (κ3) is 10.7. The molecule has 1 aliphatic rings. The van der Waals surface area contributed by atoms with Crippen molar-refractivity contribution in [3.05, 3.63) is 355 Å². The molecule has 0 N–H and O–H groups in total. The first-order chi connectivity index (χ1) is 49.0. The number of nitrogens with zero attached hydrogens (tertiary/aromatic N) is 7. The van der Waals surface area contributed by atoms with Crippen LogP contribution in [0.5, 0.6) is 0 Å². The van der Waals surface area contributed by atoms with Gasteiger partial charge in [0, 0.05) is 48.6 Å². The predicted molar refractivity (Wildman–Crippen MR) is 414 cm³/mol. The fourth-order valence-electron chi connectivity index (χ4n) is 14.5. The zero-order chi connectivity index (χ0) is 65.8. The lowest BCUT2D eigenvalue weighted by Crippen LogP contribution is -2.04. The summed E-state index contributed by atoms with van der Waals surface area (Å²) in [6.07, 6.45) is 1.10. The molecule has 0 unspecified atom stereocenters. The number of aromatic nitrogens is 7. The highest BCUT2D eigenvalue weighted by Crippen LogP contribution is 2.45. The molecule has 8 heteroatoms. The molecule has 16 aromatic carbocycles. The molecule has 0 amide bonds. The van der Waals surface area contributed by atoms with E-state index in [2.05, 4.69) is 263 Å². The Bertz CT molecular complexity index is 6120. The maximum Gasteiger partial charge on any atom is 0.166 e. The van der Waals surface area contributed by atoms with Crippen molar-refractivity contribution in [2.75, 3.05) is 0 Å². The lowest BCUT2D eigenvalue weighted by atomic mass is 9.92. The monoisotopic (exact) mass is 1330 g/mol. The molecule has 0 fully saturated rings. The fourth-order valence-corrected chi connectivity index (χ4v) is 15.0. The Hall–Kier alpha value is -12.6. The second kappa shape index (κ2) is 25.2. The number of halogens is 1. The number of hydrogen-bond acceptors (Lipinski definition) is 6. The Labute approximate surface area is 579 Å². The molecule has 0 saturated carbocycles. The summed E-state index contributed by atoms with van der Waals surface area (Å²) in [5.41, 5.74) is 14.7. The predicted octanol–water partition coefficient (Wildman–Crippen LogP) is 23.8. The zero-order valence-electron chi connectivity index (χ0n) is 53.5. The SMILES string of the molecule is Brc1cc2c3ccccc3c3ccccc3c2cc1-c1nc(-c2ccccc2)nc(-c2ccccc2)n1.c1ccc(-c2nc(-c3ccccc3)nc(-c3cc4c5ccccc5c5ccccc5c4cc3-n3c4ccccc4c4ccccc43)n2)cc1.c1ccc2c(c1)Cc1ccccc1-2. The number of para-hydroxylation sites is 2. The summed E-state index contributed by atoms with van der Waals surface area (Å²) in [5, 5.41) is 17.0. The van der Waals surface area contributed by atoms with Crippen LogP contribution in [0.2, 0.25) is 0 Å². The summed E-state index contributed by atoms with van der Waals surface area (Å²) < 4.78 is 3.34. The maximum atomic E-state index is 5.24. The van der Waals surface area contributed by atoms with Gasteiger partial charge >= 0.3 is 0 Å². The molecule has 0 atom stereocenters. The minimum Gasteiger partial charge on any atom is -0.308 e. The van der Waals surface area contributed by atoms with Gasteiger partial charge in [-0.2, -0.15) is 0 Å². The first kappa shape index (κ1) is 58.9. The summed E-state index contributed by atoms with van der Waals surface area (Å²) in [5.74, 6) is 3.85. The van der Waals surface area contributed by atoms with Crippen LogP contribution in [0.25, 0.3) is 172 Å². The van der Waals surface area contributed by atoms with E-state index in [4.69, 9.17) is 29.9 Å². The number of rotatable bonds is 7. The third-order valence-corrected chi connectivity index (χ3v) is 19.8. The number of benzene rings is 16. The largest absolute Gasteiger partial charge is 0.308 e. The van der Waals surface area contributed by atoms with Gasteiger partial charge in [0.15, 0.2) is 34.9 Å². The normalized spacial score (nSPS) is 11.6. The quantitative estimate of drug-likeness (QED) is 0.148. The van der Waals surface area contributed by atoms with Crippen LogP contribution in [-0.4, -0.2) is 34.5 Å². The molecule has 0 spiro atoms. The van der Waals surface area contributed by atoms with Crippen LogP contribution in [0.3, 0.4) is 0 Å². The van der Waals surface area contributed by atoms with Crippen molar-refractivity contribution in [1.82, 2.24) is 34.5 Å². The molecule has 0 aliphatic heterocycles. The van der Waals surface area contributed by atoms with Gasteiger partial charge in [-0.05, 0) is 130 Å². The van der Waals surface area contributed by atoms with E-state index < -0.39 is 0 Å². The number of hydrogen-bond donors (Lipinski definition) is 0. The summed E-state index contributed by atoms with van der Waals surface area (Å²) in [6.45, 7) is 0. The first-order valence-electron chi connectivity index (χ1n) is 33.3. The second-order valence-electron chi connectivity index (χ2n) is 24.9. The standard InChI is InChI=1S/C45H28N4.C33H20BrN3.C13H10/c1-3-15-29(16-4-1)43-46-44(30-17-5-2-6-18-30)48-45(47-43)39-27-37-33-21-9-7-19-31(33)32-20-8-10-22-34(32)38(37)28-42(39)49-40-25-13-11-23-35(40)36-24-12-14-26-41(36)49;34-30-20-28-26-18-10-8-16-24(26)23-15-7-9-17-25(23)27(28)19-29(30)33-36-31(21-11-3-1-4-12-21)35-32(37-33)22-13-5-2-6-14-22;1-3-7-12-10(5-1)9-11-6-2-4-8-13(11)12/h1-28H;1-20H;1-8H,9H2. The third-order valence-electron chi connectivity index (χ3n) is 19.1. The van der Waals surface area contributed by atoms with Crippen LogP contribution in [0.4, 0.5) is 0 Å². The van der Waals surface area contributed by atoms with Crippen LogP contribution in [0, 0.1) is 0 Å². The van der Waals surface area contributed by atoms with Crippen molar-refractivity contribution in [3.63, 3.8) is 0 Å². The summed E-state index contributed by atoms with van der Waals surface area (Å²) in [7, 11) is 0. The molecule has 464 valence electrons. The fraction of sp³-hybridized carbons (Fsp3) is 0.0110. The van der Waals surface area contributed by atoms with Gasteiger partial charge in [-0.25, -0.2) is 29.9 Å². The highest BCUT2D eigenvalue weighted by atomic mass is 79.9. The van der Waals surface area contributed by atoms with E-state index in [-0.39, 0.29) is 0 Å². The maximum absolute atomic E-state index is 5.24. The van der Waals surface area contributed by atoms with Gasteiger partial charge in [-0.1, -0.05) is 319 Å². The van der Waals surface area contributed by atoms with Crippen LogP contribution in [-0.2, 0) is 6.42 Å². The molecule has 0 bridgehead atoms. The molecule has 99 heavy (non-hydrogen) atoms. The molecule has 20 rings (SSSR count). The van der Waals surface area contributed by atoms with Crippen molar-refractivity contribution in [2.24, 2.45) is 0 Å². The van der Waals surface area contributed by atoms with E-state index >= 15 is 0 Å². The van der Waals surface area contributed by atoms with E-state index in [1.54, 1.807) is 0 Å². The molecule has 0 saturated heterocycles. The van der Waals surface area contributed by atoms with Gasteiger partial charge < -0.3 is 4.57 Å². The first-order valence-corrected chi connectivity index (χ1v) is 34.1. The highest BCUT2D eigenvalue weighted by Gasteiger charge is 2.24. The van der Waals surface area contributed by atoms with Gasteiger partial charge in [0.1, 0.15) is 0 Å². The van der Waals surface area contributed by atoms with Crippen molar-refractivity contribution < 1.29 is 0 Å². The summed E-state index contributed by atoms with van der Waals surface area (Å²) in [4.78, 5) is 30.3. The van der Waals surface area contributed by atoms with E-state index in [0.29, 0.717) is 34.9 Å². The van der Waals surface area contributed by atoms with E-state index in [1.165, 1.54) is 92.3 Å². The van der Waals surface area contributed by atoms with Gasteiger partial charge in [0.2, 0.25) is 0 Å². The molecule has 0 radical (unpaired) electrons. The molecular formula is C91H58BrN7. The van der Waals surface area contributed by atoms with E-state index in [0.717, 1.165) is 66.4 Å². The van der Waals surface area contributed by atoms with Crippen LogP contribution in [0.1, 0.15) is 11.1 Å². The van der Waals surface area contributed by atoms with Crippen LogP contribution in [0.15, 0.2) is 344 Å². The molecular weight excluding hydrogens is 1270 g/mol. The lowest BCUT2D eigenvalue weighted by Gasteiger charge is -2.18. The van der Waals surface area contributed by atoms with Gasteiger partial charge in [0.25, 0.3) is 0 Å². The van der Waals surface area contributed by atoms with E-state index in [1.807, 2.05) is 97.1 Å². The van der Waals surface area contributed by atoms with Gasteiger partial charge in [-0.3, -0.25) is 0 Å². The Morgan fingerprint density at radius 3 is 0.848 bits per heavy atom. The molecule has 7 nitrogen and oxygen atoms in total. The summed E-state index contributed by atoms with van der Waals surface area (Å²) >= 11 is 3.87. The van der Waals surface area contributed by atoms with Crippen molar-refractivity contribution in [2.45, 2.75) is 6.42 Å². The van der Waals surface area contributed by atoms with Crippen molar-refractivity contribution in [1.29, 1.82) is 0 Å². The zero-order valence-corrected chi connectivity index (χ0v) is 55.1. The minimum absolute atomic E-state index is 0.628. The van der Waals surface area contributed by atoms with Crippen molar-refractivity contribution >= 4 is 102 Å². The van der Waals surface area contributed by atoms with Crippen LogP contribution >= 0.6 is 15.9 Å². The molecule has 19 aromatic rings. The molecule has 3 heterocycles. The van der Waals surface area contributed by atoms with Crippen molar-refractivity contribution in [3.8, 4) is 85.1 Å². The lowest BCUT2D eigenvalue weighted by molar-refractivity contribution is 1.07. The van der Waals surface area contributed by atoms with Gasteiger partial charge in [0.05, 0.1) is 16.7 Å². The topological polar surface area (TPSA) is 82.3 Å². The van der Waals surface area contributed by atoms with Gasteiger partial charge in [-0.15, -0.1) is 0 Å². The Kier molecular flexibility index (Phi) is 15.0. The Morgan fingerprint density at radius 1 is 0.212 bits per heavy atom. The average Bonchev–Trinajstić information content (AvgIpc) is 1.71.